The molecule has 3 aromatic rings. The van der Waals surface area contributed by atoms with Crippen molar-refractivity contribution in [3.63, 3.8) is 0 Å². The molecule has 0 saturated heterocycles. The van der Waals surface area contributed by atoms with Crippen molar-refractivity contribution < 1.29 is 32.6 Å². The van der Waals surface area contributed by atoms with Crippen LogP contribution in [0.1, 0.15) is 34.1 Å². The second-order valence-electron chi connectivity index (χ2n) is 7.20. The first-order valence-electron chi connectivity index (χ1n) is 9.99. The molecule has 0 N–H and O–H groups in total. The second-order valence-corrected chi connectivity index (χ2v) is 7.99. The van der Waals surface area contributed by atoms with Gasteiger partial charge in [0.2, 0.25) is 0 Å². The van der Waals surface area contributed by atoms with Crippen molar-refractivity contribution in [3.8, 4) is 5.75 Å². The number of hydrogen-bond acceptors (Lipinski definition) is 6. The summed E-state index contributed by atoms with van der Waals surface area (Å²) in [5.74, 6) is -2.41. The Hall–Kier alpha value is -3.53. The smallest absolute Gasteiger partial charge is 0.337 e. The van der Waals surface area contributed by atoms with Crippen LogP contribution < -0.4 is 10.3 Å². The van der Waals surface area contributed by atoms with Crippen LogP contribution in [0.4, 0.5) is 8.78 Å². The van der Waals surface area contributed by atoms with Gasteiger partial charge in [-0.3, -0.25) is 9.59 Å². The molecule has 0 spiro atoms. The van der Waals surface area contributed by atoms with Crippen molar-refractivity contribution in [2.45, 2.75) is 26.7 Å². The van der Waals surface area contributed by atoms with Gasteiger partial charge < -0.3 is 18.8 Å². The van der Waals surface area contributed by atoms with Gasteiger partial charge in [0.05, 0.1) is 24.9 Å². The first-order valence-corrected chi connectivity index (χ1v) is 10.8. The van der Waals surface area contributed by atoms with Crippen LogP contribution in [0.15, 0.2) is 57.8 Å². The number of pyridine rings is 1. The molecule has 0 amide bonds. The third-order valence-electron chi connectivity index (χ3n) is 4.83. The number of aromatic nitrogens is 1. The molecule has 0 saturated carbocycles. The van der Waals surface area contributed by atoms with Gasteiger partial charge in [0.25, 0.3) is 5.56 Å². The molecular formula is C24H20BrF2NO6. The SMILES string of the molecule is COC(=O)c1ccc(Cn2c(COC(C)=O)cc(OCc3ccc(F)cc3F)c(Br)c2=O)cc1. The molecule has 2 aromatic carbocycles. The van der Waals surface area contributed by atoms with Crippen molar-refractivity contribution in [1.82, 2.24) is 4.57 Å². The molecule has 34 heavy (non-hydrogen) atoms. The van der Waals surface area contributed by atoms with E-state index < -0.39 is 29.1 Å². The minimum Gasteiger partial charge on any atom is -0.487 e. The van der Waals surface area contributed by atoms with Gasteiger partial charge in [-0.05, 0) is 45.8 Å². The number of rotatable bonds is 8. The van der Waals surface area contributed by atoms with Gasteiger partial charge in [-0.15, -0.1) is 0 Å². The number of benzene rings is 2. The summed E-state index contributed by atoms with van der Waals surface area (Å²) < 4.78 is 43.9. The number of carbonyl (C=O) groups excluding carboxylic acids is 2. The van der Waals surface area contributed by atoms with Crippen LogP contribution in [0, 0.1) is 11.6 Å². The molecule has 7 nitrogen and oxygen atoms in total. The summed E-state index contributed by atoms with van der Waals surface area (Å²) in [5.41, 5.74) is 1.01. The van der Waals surface area contributed by atoms with E-state index >= 15 is 0 Å². The molecular weight excluding hydrogens is 516 g/mol. The Morgan fingerprint density at radius 1 is 1.03 bits per heavy atom. The number of methoxy groups -OCH3 is 1. The lowest BCUT2D eigenvalue weighted by Gasteiger charge is -2.17. The molecule has 0 aliphatic rings. The maximum absolute atomic E-state index is 13.9. The quantitative estimate of drug-likeness (QED) is 0.398. The summed E-state index contributed by atoms with van der Waals surface area (Å²) in [6, 6.07) is 11.1. The van der Waals surface area contributed by atoms with Crippen LogP contribution in [-0.2, 0) is 34.0 Å². The maximum Gasteiger partial charge on any atom is 0.337 e. The Bertz CT molecular complexity index is 1270. The Morgan fingerprint density at radius 2 is 1.74 bits per heavy atom. The summed E-state index contributed by atoms with van der Waals surface area (Å²) in [7, 11) is 1.28. The van der Waals surface area contributed by atoms with Crippen LogP contribution in [0.3, 0.4) is 0 Å². The van der Waals surface area contributed by atoms with Crippen molar-refractivity contribution in [2.24, 2.45) is 0 Å². The standard InChI is InChI=1S/C24H20BrF2NO6/c1-14(29)33-13-19-10-21(34-12-17-7-8-18(26)9-20(17)27)22(25)23(30)28(19)11-15-3-5-16(6-4-15)24(31)32-2/h3-10H,11-13H2,1-2H3. The summed E-state index contributed by atoms with van der Waals surface area (Å²) >= 11 is 3.22. The molecule has 0 aliphatic heterocycles. The first-order chi connectivity index (χ1) is 16.2. The zero-order valence-corrected chi connectivity index (χ0v) is 19.9. The Kier molecular flexibility index (Phi) is 8.17. The summed E-state index contributed by atoms with van der Waals surface area (Å²) in [5, 5.41) is 0. The predicted molar refractivity (Wildman–Crippen MR) is 121 cm³/mol. The van der Waals surface area contributed by atoms with E-state index in [1.54, 1.807) is 24.3 Å². The van der Waals surface area contributed by atoms with E-state index in [-0.39, 0.29) is 35.5 Å². The van der Waals surface area contributed by atoms with Crippen LogP contribution in [0.5, 0.6) is 5.75 Å². The number of carbonyl (C=O) groups is 2. The van der Waals surface area contributed by atoms with Gasteiger partial charge in [-0.25, -0.2) is 13.6 Å². The molecule has 178 valence electrons. The monoisotopic (exact) mass is 535 g/mol. The fourth-order valence-electron chi connectivity index (χ4n) is 3.06. The second kappa shape index (κ2) is 11.1. The minimum absolute atomic E-state index is 0.0766. The zero-order chi connectivity index (χ0) is 24.8. The zero-order valence-electron chi connectivity index (χ0n) is 18.3. The molecule has 0 atom stereocenters. The number of ether oxygens (including phenoxy) is 3. The number of hydrogen-bond donors (Lipinski definition) is 0. The summed E-state index contributed by atoms with van der Waals surface area (Å²) in [4.78, 5) is 36.1. The van der Waals surface area contributed by atoms with E-state index in [0.717, 1.165) is 12.1 Å². The molecule has 1 heterocycles. The van der Waals surface area contributed by atoms with Gasteiger partial charge in [-0.2, -0.15) is 0 Å². The Balaban J connectivity index is 1.92. The van der Waals surface area contributed by atoms with Crippen molar-refractivity contribution >= 4 is 27.9 Å². The average molecular weight is 536 g/mol. The number of esters is 2. The van der Waals surface area contributed by atoms with Crippen molar-refractivity contribution in [1.29, 1.82) is 0 Å². The fraction of sp³-hybridized carbons (Fsp3) is 0.208. The van der Waals surface area contributed by atoms with E-state index in [0.29, 0.717) is 16.8 Å². The number of halogens is 3. The number of nitrogens with zero attached hydrogens (tertiary/aromatic N) is 1. The highest BCUT2D eigenvalue weighted by Gasteiger charge is 2.17. The van der Waals surface area contributed by atoms with Crippen molar-refractivity contribution in [2.75, 3.05) is 7.11 Å². The van der Waals surface area contributed by atoms with Gasteiger partial charge in [0, 0.05) is 24.6 Å². The van der Waals surface area contributed by atoms with E-state index in [9.17, 15) is 23.2 Å². The van der Waals surface area contributed by atoms with E-state index in [4.69, 9.17) is 9.47 Å². The maximum atomic E-state index is 13.9. The lowest BCUT2D eigenvalue weighted by Crippen LogP contribution is -2.26. The fourth-order valence-corrected chi connectivity index (χ4v) is 3.50. The minimum atomic E-state index is -0.778. The largest absolute Gasteiger partial charge is 0.487 e. The lowest BCUT2D eigenvalue weighted by atomic mass is 10.1. The van der Waals surface area contributed by atoms with E-state index in [1.807, 2.05) is 0 Å². The molecule has 0 aliphatic carbocycles. The average Bonchev–Trinajstić information content (AvgIpc) is 2.81. The van der Waals surface area contributed by atoms with Gasteiger partial charge in [-0.1, -0.05) is 12.1 Å². The molecule has 1 aromatic heterocycles. The normalized spacial score (nSPS) is 10.6. The van der Waals surface area contributed by atoms with Crippen LogP contribution in [-0.4, -0.2) is 23.6 Å². The molecule has 3 rings (SSSR count). The highest BCUT2D eigenvalue weighted by molar-refractivity contribution is 9.10. The van der Waals surface area contributed by atoms with E-state index in [2.05, 4.69) is 20.7 Å². The molecule has 0 bridgehead atoms. The van der Waals surface area contributed by atoms with Crippen LogP contribution in [0.2, 0.25) is 0 Å². The Labute approximate surface area is 202 Å². The summed E-state index contributed by atoms with van der Waals surface area (Å²) in [6.07, 6.45) is 0. The molecule has 10 heteroatoms. The third-order valence-corrected chi connectivity index (χ3v) is 5.56. The highest BCUT2D eigenvalue weighted by atomic mass is 79.9. The molecule has 0 radical (unpaired) electrons. The highest BCUT2D eigenvalue weighted by Crippen LogP contribution is 2.25. The lowest BCUT2D eigenvalue weighted by molar-refractivity contribution is -0.142. The predicted octanol–water partition coefficient (Wildman–Crippen LogP) is 4.37. The first kappa shape index (κ1) is 25.1. The van der Waals surface area contributed by atoms with Crippen molar-refractivity contribution in [3.05, 3.63) is 97.4 Å². The third kappa shape index (κ3) is 6.07. The van der Waals surface area contributed by atoms with Gasteiger partial charge >= 0.3 is 11.9 Å². The van der Waals surface area contributed by atoms with Crippen LogP contribution >= 0.6 is 15.9 Å². The van der Waals surface area contributed by atoms with E-state index in [1.165, 1.54) is 30.7 Å². The molecule has 0 unspecified atom stereocenters. The van der Waals surface area contributed by atoms with Crippen LogP contribution in [0.25, 0.3) is 0 Å². The topological polar surface area (TPSA) is 83.8 Å². The molecule has 0 fully saturated rings. The summed E-state index contributed by atoms with van der Waals surface area (Å²) in [6.45, 7) is 0.888. The van der Waals surface area contributed by atoms with Gasteiger partial charge in [0.15, 0.2) is 0 Å². The Morgan fingerprint density at radius 3 is 2.35 bits per heavy atom. The van der Waals surface area contributed by atoms with Gasteiger partial charge in [0.1, 0.15) is 35.1 Å².